The van der Waals surface area contributed by atoms with Crippen molar-refractivity contribution in [2.75, 3.05) is 27.2 Å². The Bertz CT molecular complexity index is 434. The van der Waals surface area contributed by atoms with Gasteiger partial charge in [0.15, 0.2) is 0 Å². The summed E-state index contributed by atoms with van der Waals surface area (Å²) in [5, 5.41) is 9.78. The Morgan fingerprint density at radius 3 is 2.33 bits per heavy atom. The molecule has 118 valence electrons. The largest absolute Gasteiger partial charge is 0.390 e. The van der Waals surface area contributed by atoms with Gasteiger partial charge >= 0.3 is 0 Å². The van der Waals surface area contributed by atoms with Crippen molar-refractivity contribution >= 4 is 0 Å². The van der Waals surface area contributed by atoms with E-state index in [1.807, 2.05) is 13.8 Å². The van der Waals surface area contributed by atoms with Crippen LogP contribution in [0.4, 0.5) is 0 Å². The second kappa shape index (κ2) is 6.91. The van der Waals surface area contributed by atoms with Crippen LogP contribution in [-0.4, -0.2) is 53.7 Å². The molecule has 21 heavy (non-hydrogen) atoms. The molecule has 0 aromatic heterocycles. The topological polar surface area (TPSA) is 26.7 Å². The molecule has 0 amide bonds. The van der Waals surface area contributed by atoms with Gasteiger partial charge in [0.25, 0.3) is 0 Å². The number of hydrogen-bond donors (Lipinski definition) is 1. The van der Waals surface area contributed by atoms with Crippen LogP contribution in [0.25, 0.3) is 0 Å². The maximum absolute atomic E-state index is 9.78. The summed E-state index contributed by atoms with van der Waals surface area (Å²) in [7, 11) is 4.34. The highest BCUT2D eigenvalue weighted by Crippen LogP contribution is 2.18. The van der Waals surface area contributed by atoms with Crippen LogP contribution in [0.15, 0.2) is 24.3 Å². The Labute approximate surface area is 129 Å². The molecular formula is C18H30N2O. The van der Waals surface area contributed by atoms with Crippen molar-refractivity contribution in [2.24, 2.45) is 0 Å². The van der Waals surface area contributed by atoms with Crippen LogP contribution in [0.1, 0.15) is 37.8 Å². The Kier molecular flexibility index (Phi) is 5.42. The maximum Gasteiger partial charge on any atom is 0.0594 e. The predicted octanol–water partition coefficient (Wildman–Crippen LogP) is 2.53. The molecule has 0 aliphatic carbocycles. The molecule has 1 atom stereocenters. The molecule has 1 aliphatic heterocycles. The summed E-state index contributed by atoms with van der Waals surface area (Å²) < 4.78 is 0. The van der Waals surface area contributed by atoms with Gasteiger partial charge in [0.2, 0.25) is 0 Å². The van der Waals surface area contributed by atoms with Gasteiger partial charge < -0.3 is 10.0 Å². The zero-order valence-corrected chi connectivity index (χ0v) is 14.0. The minimum absolute atomic E-state index is 0.574. The monoisotopic (exact) mass is 290 g/mol. The number of aliphatic hydroxyl groups is 1. The molecule has 1 heterocycles. The van der Waals surface area contributed by atoms with Crippen molar-refractivity contribution in [3.8, 4) is 0 Å². The lowest BCUT2D eigenvalue weighted by Gasteiger charge is -2.20. The van der Waals surface area contributed by atoms with E-state index in [9.17, 15) is 5.11 Å². The van der Waals surface area contributed by atoms with Gasteiger partial charge in [-0.25, -0.2) is 0 Å². The van der Waals surface area contributed by atoms with Gasteiger partial charge in [0.05, 0.1) is 5.60 Å². The minimum atomic E-state index is -0.574. The first-order chi connectivity index (χ1) is 9.83. The van der Waals surface area contributed by atoms with E-state index in [2.05, 4.69) is 48.2 Å². The Balaban J connectivity index is 1.83. The van der Waals surface area contributed by atoms with E-state index in [1.165, 1.54) is 30.6 Å². The quantitative estimate of drug-likeness (QED) is 0.872. The third-order valence-corrected chi connectivity index (χ3v) is 4.43. The van der Waals surface area contributed by atoms with E-state index in [0.29, 0.717) is 6.04 Å². The molecule has 1 aromatic carbocycles. The molecule has 1 fully saturated rings. The number of rotatable bonds is 6. The molecule has 2 rings (SSSR count). The Morgan fingerprint density at radius 1 is 1.19 bits per heavy atom. The van der Waals surface area contributed by atoms with Crippen LogP contribution < -0.4 is 0 Å². The van der Waals surface area contributed by atoms with E-state index in [1.54, 1.807) is 0 Å². The molecule has 0 unspecified atom stereocenters. The van der Waals surface area contributed by atoms with Gasteiger partial charge in [-0.2, -0.15) is 0 Å². The molecule has 1 aliphatic rings. The van der Waals surface area contributed by atoms with Gasteiger partial charge in [0, 0.05) is 25.7 Å². The fourth-order valence-corrected chi connectivity index (χ4v) is 2.90. The van der Waals surface area contributed by atoms with E-state index in [4.69, 9.17) is 0 Å². The van der Waals surface area contributed by atoms with E-state index < -0.39 is 5.60 Å². The Hall–Kier alpha value is -0.900. The molecule has 0 bridgehead atoms. The van der Waals surface area contributed by atoms with E-state index in [-0.39, 0.29) is 0 Å². The van der Waals surface area contributed by atoms with Crippen LogP contribution in [0.2, 0.25) is 0 Å². The Morgan fingerprint density at radius 2 is 1.81 bits per heavy atom. The summed E-state index contributed by atoms with van der Waals surface area (Å²) in [6.07, 6.45) is 3.02. The molecular weight excluding hydrogens is 260 g/mol. The van der Waals surface area contributed by atoms with Crippen LogP contribution in [0.5, 0.6) is 0 Å². The number of benzene rings is 1. The molecule has 1 N–H and O–H groups in total. The minimum Gasteiger partial charge on any atom is -0.390 e. The van der Waals surface area contributed by atoms with Gasteiger partial charge in [0.1, 0.15) is 0 Å². The van der Waals surface area contributed by atoms with Gasteiger partial charge in [-0.3, -0.25) is 4.90 Å². The molecule has 0 spiro atoms. The summed E-state index contributed by atoms with van der Waals surface area (Å²) in [5.74, 6) is 0. The van der Waals surface area contributed by atoms with Crippen molar-refractivity contribution in [1.82, 2.24) is 9.80 Å². The molecule has 1 saturated heterocycles. The highest BCUT2D eigenvalue weighted by atomic mass is 16.3. The number of nitrogens with zero attached hydrogens (tertiary/aromatic N) is 2. The highest BCUT2D eigenvalue weighted by molar-refractivity contribution is 5.23. The highest BCUT2D eigenvalue weighted by Gasteiger charge is 2.23. The second-order valence-electron chi connectivity index (χ2n) is 7.27. The third-order valence-electron chi connectivity index (χ3n) is 4.43. The zero-order valence-electron chi connectivity index (χ0n) is 14.0. The zero-order chi connectivity index (χ0) is 15.5. The summed E-state index contributed by atoms with van der Waals surface area (Å²) in [6, 6.07) is 9.60. The molecule has 1 aromatic rings. The fraction of sp³-hybridized carbons (Fsp3) is 0.667. The van der Waals surface area contributed by atoms with Crippen LogP contribution in [-0.2, 0) is 13.0 Å². The average molecular weight is 290 g/mol. The van der Waals surface area contributed by atoms with E-state index >= 15 is 0 Å². The first-order valence-electron chi connectivity index (χ1n) is 8.02. The normalized spacial score (nSPS) is 20.4. The first kappa shape index (κ1) is 16.5. The average Bonchev–Trinajstić information content (AvgIpc) is 2.86. The lowest BCUT2D eigenvalue weighted by molar-refractivity contribution is 0.0714. The van der Waals surface area contributed by atoms with Crippen molar-refractivity contribution in [3.63, 3.8) is 0 Å². The van der Waals surface area contributed by atoms with Crippen molar-refractivity contribution in [3.05, 3.63) is 35.4 Å². The van der Waals surface area contributed by atoms with Crippen molar-refractivity contribution < 1.29 is 5.11 Å². The van der Waals surface area contributed by atoms with Crippen LogP contribution in [0, 0.1) is 0 Å². The summed E-state index contributed by atoms with van der Waals surface area (Å²) in [5.41, 5.74) is 2.13. The van der Waals surface area contributed by atoms with Crippen LogP contribution in [0.3, 0.4) is 0 Å². The number of hydrogen-bond acceptors (Lipinski definition) is 3. The van der Waals surface area contributed by atoms with E-state index in [0.717, 1.165) is 19.4 Å². The third kappa shape index (κ3) is 5.42. The smallest absolute Gasteiger partial charge is 0.0594 e. The number of aryl methyl sites for hydroxylation is 1. The SMILES string of the molecule is CN(C)[C@H]1CCN(Cc2ccc(CCC(C)(C)O)cc2)C1. The maximum atomic E-state index is 9.78. The summed E-state index contributed by atoms with van der Waals surface area (Å²) in [6.45, 7) is 7.17. The first-order valence-corrected chi connectivity index (χ1v) is 8.02. The second-order valence-corrected chi connectivity index (χ2v) is 7.27. The number of likely N-dealkylation sites (N-methyl/N-ethyl adjacent to an activating group) is 1. The lowest BCUT2D eigenvalue weighted by atomic mass is 9.98. The molecule has 0 saturated carbocycles. The van der Waals surface area contributed by atoms with Crippen molar-refractivity contribution in [2.45, 2.75) is 51.3 Å². The molecule has 3 heteroatoms. The predicted molar refractivity (Wildman–Crippen MR) is 88.4 cm³/mol. The number of likely N-dealkylation sites (tertiary alicyclic amines) is 1. The van der Waals surface area contributed by atoms with Crippen molar-refractivity contribution in [1.29, 1.82) is 0 Å². The standard InChI is InChI=1S/C18H30N2O/c1-18(2,21)11-9-15-5-7-16(8-6-15)13-20-12-10-17(14-20)19(3)4/h5-8,17,21H,9-14H2,1-4H3/t17-/m0/s1. The molecule has 3 nitrogen and oxygen atoms in total. The molecule has 0 radical (unpaired) electrons. The fourth-order valence-electron chi connectivity index (χ4n) is 2.90. The summed E-state index contributed by atoms with van der Waals surface area (Å²) in [4.78, 5) is 4.87. The summed E-state index contributed by atoms with van der Waals surface area (Å²) >= 11 is 0. The van der Waals surface area contributed by atoms with Gasteiger partial charge in [-0.15, -0.1) is 0 Å². The van der Waals surface area contributed by atoms with Crippen LogP contribution >= 0.6 is 0 Å². The van der Waals surface area contributed by atoms with Gasteiger partial charge in [-0.05, 0) is 58.3 Å². The lowest BCUT2D eigenvalue weighted by Crippen LogP contribution is -2.31. The van der Waals surface area contributed by atoms with Gasteiger partial charge in [-0.1, -0.05) is 24.3 Å².